The van der Waals surface area contributed by atoms with Crippen molar-refractivity contribution in [3.8, 4) is 5.75 Å². The average molecular weight is 411 g/mol. The number of anilines is 1. The van der Waals surface area contributed by atoms with Crippen molar-refractivity contribution in [2.75, 3.05) is 25.1 Å². The molecule has 0 unspecified atom stereocenters. The highest BCUT2D eigenvalue weighted by atomic mass is 16.5. The van der Waals surface area contributed by atoms with E-state index in [-0.39, 0.29) is 17.9 Å². The largest absolute Gasteiger partial charge is 0.493 e. The van der Waals surface area contributed by atoms with Gasteiger partial charge in [-0.05, 0) is 43.5 Å². The van der Waals surface area contributed by atoms with E-state index in [0.717, 1.165) is 38.7 Å². The van der Waals surface area contributed by atoms with Gasteiger partial charge in [-0.25, -0.2) is 0 Å². The lowest BCUT2D eigenvalue weighted by molar-refractivity contribution is 0.0858. The second kappa shape index (κ2) is 11.4. The number of para-hydroxylation sites is 2. The molecule has 30 heavy (non-hydrogen) atoms. The van der Waals surface area contributed by atoms with Crippen molar-refractivity contribution in [1.82, 2.24) is 5.32 Å². The van der Waals surface area contributed by atoms with Gasteiger partial charge in [0.05, 0.1) is 29.5 Å². The molecule has 1 atom stereocenters. The van der Waals surface area contributed by atoms with Crippen LogP contribution in [-0.2, 0) is 4.74 Å². The second-order valence-corrected chi connectivity index (χ2v) is 7.40. The number of benzene rings is 2. The number of hydrogen-bond acceptors (Lipinski definition) is 4. The van der Waals surface area contributed by atoms with E-state index in [2.05, 4.69) is 17.6 Å². The molecule has 2 aromatic rings. The van der Waals surface area contributed by atoms with Gasteiger partial charge in [-0.2, -0.15) is 0 Å². The van der Waals surface area contributed by atoms with Crippen LogP contribution in [0.2, 0.25) is 0 Å². The highest BCUT2D eigenvalue weighted by Crippen LogP contribution is 2.22. The highest BCUT2D eigenvalue weighted by Gasteiger charge is 2.19. The molecule has 1 aliphatic rings. The van der Waals surface area contributed by atoms with E-state index in [4.69, 9.17) is 9.47 Å². The van der Waals surface area contributed by atoms with Crippen LogP contribution >= 0.6 is 0 Å². The molecule has 6 heteroatoms. The molecular formula is C24H30N2O4. The lowest BCUT2D eigenvalue weighted by atomic mass is 10.1. The molecule has 1 saturated heterocycles. The number of carbonyl (C=O) groups is 2. The topological polar surface area (TPSA) is 76.7 Å². The van der Waals surface area contributed by atoms with Gasteiger partial charge in [0.25, 0.3) is 11.8 Å². The molecular weight excluding hydrogens is 380 g/mol. The van der Waals surface area contributed by atoms with Crippen LogP contribution in [0.5, 0.6) is 5.75 Å². The Hall–Kier alpha value is -2.86. The lowest BCUT2D eigenvalue weighted by Gasteiger charge is -2.15. The molecule has 6 nitrogen and oxygen atoms in total. The number of ether oxygens (including phenoxy) is 2. The van der Waals surface area contributed by atoms with Crippen molar-refractivity contribution < 1.29 is 19.1 Å². The maximum Gasteiger partial charge on any atom is 0.259 e. The van der Waals surface area contributed by atoms with Crippen LogP contribution in [0.1, 0.15) is 59.7 Å². The number of rotatable bonds is 10. The maximum atomic E-state index is 12.9. The second-order valence-electron chi connectivity index (χ2n) is 7.40. The zero-order chi connectivity index (χ0) is 21.2. The molecule has 2 N–H and O–H groups in total. The van der Waals surface area contributed by atoms with Crippen molar-refractivity contribution in [2.24, 2.45) is 0 Å². The van der Waals surface area contributed by atoms with Gasteiger partial charge in [0, 0.05) is 13.2 Å². The van der Waals surface area contributed by atoms with Gasteiger partial charge >= 0.3 is 0 Å². The Morgan fingerprint density at radius 2 is 1.80 bits per heavy atom. The summed E-state index contributed by atoms with van der Waals surface area (Å²) in [6, 6.07) is 14.2. The van der Waals surface area contributed by atoms with Gasteiger partial charge in [-0.15, -0.1) is 0 Å². The van der Waals surface area contributed by atoms with Gasteiger partial charge in [0.15, 0.2) is 0 Å². The molecule has 0 bridgehead atoms. The van der Waals surface area contributed by atoms with E-state index < -0.39 is 0 Å². The van der Waals surface area contributed by atoms with Gasteiger partial charge in [0.2, 0.25) is 0 Å². The normalized spacial score (nSPS) is 15.6. The Labute approximate surface area is 178 Å². The summed E-state index contributed by atoms with van der Waals surface area (Å²) in [5, 5.41) is 5.77. The van der Waals surface area contributed by atoms with Crippen LogP contribution in [0, 0.1) is 0 Å². The fourth-order valence-electron chi connectivity index (χ4n) is 3.40. The molecule has 1 aliphatic heterocycles. The third kappa shape index (κ3) is 6.07. The van der Waals surface area contributed by atoms with Gasteiger partial charge in [0.1, 0.15) is 5.75 Å². The van der Waals surface area contributed by atoms with Gasteiger partial charge in [-0.1, -0.05) is 44.0 Å². The predicted molar refractivity (Wildman–Crippen MR) is 117 cm³/mol. The third-order valence-electron chi connectivity index (χ3n) is 5.07. The van der Waals surface area contributed by atoms with E-state index in [1.165, 1.54) is 0 Å². The maximum absolute atomic E-state index is 12.9. The Balaban J connectivity index is 1.66. The van der Waals surface area contributed by atoms with Crippen molar-refractivity contribution in [3.05, 3.63) is 59.7 Å². The van der Waals surface area contributed by atoms with Crippen LogP contribution < -0.4 is 15.4 Å². The Morgan fingerprint density at radius 3 is 2.57 bits per heavy atom. The number of nitrogens with one attached hydrogen (secondary N) is 2. The fourth-order valence-corrected chi connectivity index (χ4v) is 3.40. The first-order chi connectivity index (χ1) is 14.7. The molecule has 0 spiro atoms. The van der Waals surface area contributed by atoms with E-state index in [0.29, 0.717) is 35.7 Å². The Kier molecular flexibility index (Phi) is 8.27. The lowest BCUT2D eigenvalue weighted by Crippen LogP contribution is -2.32. The van der Waals surface area contributed by atoms with Gasteiger partial charge in [-0.3, -0.25) is 9.59 Å². The summed E-state index contributed by atoms with van der Waals surface area (Å²) in [7, 11) is 0. The van der Waals surface area contributed by atoms with Crippen molar-refractivity contribution in [3.63, 3.8) is 0 Å². The summed E-state index contributed by atoms with van der Waals surface area (Å²) < 4.78 is 11.4. The summed E-state index contributed by atoms with van der Waals surface area (Å²) >= 11 is 0. The first-order valence-electron chi connectivity index (χ1n) is 10.7. The number of amides is 2. The molecule has 0 aliphatic carbocycles. The van der Waals surface area contributed by atoms with Crippen LogP contribution in [0.3, 0.4) is 0 Å². The standard InChI is InChI=1S/C24H30N2O4/c1-2-3-8-15-30-22-14-7-5-12-20(22)24(28)26-21-13-6-4-11-19(21)23(27)25-17-18-10-9-16-29-18/h4-7,11-14,18H,2-3,8-10,15-17H2,1H3,(H,25,27)(H,26,28)/t18-/m1/s1. The summed E-state index contributed by atoms with van der Waals surface area (Å²) in [5.41, 5.74) is 1.34. The van der Waals surface area contributed by atoms with Crippen LogP contribution in [0.25, 0.3) is 0 Å². The van der Waals surface area contributed by atoms with E-state index in [1.807, 2.05) is 6.07 Å². The van der Waals surface area contributed by atoms with E-state index in [1.54, 1.807) is 42.5 Å². The van der Waals surface area contributed by atoms with Gasteiger partial charge < -0.3 is 20.1 Å². The minimum absolute atomic E-state index is 0.0624. The smallest absolute Gasteiger partial charge is 0.259 e. The zero-order valence-electron chi connectivity index (χ0n) is 17.5. The molecule has 3 rings (SSSR count). The molecule has 2 aromatic carbocycles. The predicted octanol–water partition coefficient (Wildman–Crippen LogP) is 4.42. The van der Waals surface area contributed by atoms with Crippen LogP contribution in [0.15, 0.2) is 48.5 Å². The SMILES string of the molecule is CCCCCOc1ccccc1C(=O)Nc1ccccc1C(=O)NC[C@H]1CCCO1. The number of unbranched alkanes of at least 4 members (excludes halogenated alkanes) is 2. The molecule has 1 fully saturated rings. The first-order valence-corrected chi connectivity index (χ1v) is 10.7. The summed E-state index contributed by atoms with van der Waals surface area (Å²) in [6.07, 6.45) is 5.17. The number of carbonyl (C=O) groups excluding carboxylic acids is 2. The minimum atomic E-state index is -0.305. The highest BCUT2D eigenvalue weighted by molar-refractivity contribution is 6.10. The van der Waals surface area contributed by atoms with Crippen LogP contribution in [-0.4, -0.2) is 37.7 Å². The molecule has 0 radical (unpaired) electrons. The monoisotopic (exact) mass is 410 g/mol. The minimum Gasteiger partial charge on any atom is -0.493 e. The molecule has 160 valence electrons. The van der Waals surface area contributed by atoms with E-state index >= 15 is 0 Å². The first kappa shape index (κ1) is 21.8. The molecule has 0 saturated carbocycles. The fraction of sp³-hybridized carbons (Fsp3) is 0.417. The Bertz CT molecular complexity index is 847. The van der Waals surface area contributed by atoms with Crippen molar-refractivity contribution in [2.45, 2.75) is 45.1 Å². The Morgan fingerprint density at radius 1 is 1.03 bits per heavy atom. The van der Waals surface area contributed by atoms with Crippen LogP contribution in [0.4, 0.5) is 5.69 Å². The summed E-state index contributed by atoms with van der Waals surface area (Å²) in [6.45, 7) is 3.92. The number of hydrogen-bond donors (Lipinski definition) is 2. The third-order valence-corrected chi connectivity index (χ3v) is 5.07. The molecule has 1 heterocycles. The zero-order valence-corrected chi connectivity index (χ0v) is 17.5. The van der Waals surface area contributed by atoms with E-state index in [9.17, 15) is 9.59 Å². The quantitative estimate of drug-likeness (QED) is 0.569. The average Bonchev–Trinajstić information content (AvgIpc) is 3.29. The summed E-state index contributed by atoms with van der Waals surface area (Å²) in [5.74, 6) is 0.0115. The summed E-state index contributed by atoms with van der Waals surface area (Å²) in [4.78, 5) is 25.6. The molecule has 0 aromatic heterocycles. The van der Waals surface area contributed by atoms with Crippen molar-refractivity contribution in [1.29, 1.82) is 0 Å². The van der Waals surface area contributed by atoms with Crippen molar-refractivity contribution >= 4 is 17.5 Å². The molecule has 2 amide bonds.